The molecule has 1 saturated heterocycles. The summed E-state index contributed by atoms with van der Waals surface area (Å²) in [5.74, 6) is 0.0660. The molecule has 1 aliphatic rings. The molecule has 2 aromatic rings. The highest BCUT2D eigenvalue weighted by Gasteiger charge is 2.32. The van der Waals surface area contributed by atoms with Gasteiger partial charge in [-0.1, -0.05) is 18.7 Å². The van der Waals surface area contributed by atoms with E-state index in [4.69, 9.17) is 0 Å². The van der Waals surface area contributed by atoms with Gasteiger partial charge in [-0.25, -0.2) is 9.18 Å². The van der Waals surface area contributed by atoms with Crippen LogP contribution in [0.25, 0.3) is 0 Å². The number of piperidine rings is 1. The Kier molecular flexibility index (Phi) is 9.53. The predicted molar refractivity (Wildman–Crippen MR) is 141 cm³/mol. The molecule has 36 heavy (non-hydrogen) atoms. The minimum atomic E-state index is -0.363. The zero-order valence-electron chi connectivity index (χ0n) is 21.3. The Hall–Kier alpha value is -3.32. The summed E-state index contributed by atoms with van der Waals surface area (Å²) in [4.78, 5) is 36.0. The number of urea groups is 1. The molecule has 0 aromatic heterocycles. The zero-order valence-corrected chi connectivity index (χ0v) is 21.3. The van der Waals surface area contributed by atoms with E-state index >= 15 is 0 Å². The van der Waals surface area contributed by atoms with Crippen molar-refractivity contribution in [2.45, 2.75) is 39.5 Å². The van der Waals surface area contributed by atoms with E-state index < -0.39 is 0 Å². The number of amides is 2. The van der Waals surface area contributed by atoms with E-state index in [0.29, 0.717) is 29.3 Å². The normalized spacial score (nSPS) is 19.4. The van der Waals surface area contributed by atoms with Crippen LogP contribution in [0.15, 0.2) is 55.1 Å². The Morgan fingerprint density at radius 1 is 1.03 bits per heavy atom. The molecule has 0 radical (unpaired) electrons. The summed E-state index contributed by atoms with van der Waals surface area (Å²) < 4.78 is 14.1. The molecular formula is C29H37FN3O3+. The van der Waals surface area contributed by atoms with Gasteiger partial charge in [0.2, 0.25) is 0 Å². The molecule has 1 heterocycles. The highest BCUT2D eigenvalue weighted by molar-refractivity contribution is 6.02. The first-order chi connectivity index (χ1) is 17.2. The highest BCUT2D eigenvalue weighted by atomic mass is 19.1. The number of carbonyl (C=O) groups is 3. The highest BCUT2D eigenvalue weighted by Crippen LogP contribution is 2.27. The summed E-state index contributed by atoms with van der Waals surface area (Å²) in [6.45, 7) is 11.3. The first-order valence-corrected chi connectivity index (χ1v) is 12.6. The van der Waals surface area contributed by atoms with E-state index in [9.17, 15) is 18.8 Å². The van der Waals surface area contributed by atoms with Gasteiger partial charge in [0.25, 0.3) is 0 Å². The lowest BCUT2D eigenvalue weighted by molar-refractivity contribution is -0.928. The van der Waals surface area contributed by atoms with Gasteiger partial charge in [0, 0.05) is 29.8 Å². The Balaban J connectivity index is 1.47. The van der Waals surface area contributed by atoms with Crippen LogP contribution in [0.5, 0.6) is 0 Å². The van der Waals surface area contributed by atoms with E-state index in [0.717, 1.165) is 56.3 Å². The number of rotatable bonds is 11. The van der Waals surface area contributed by atoms with Crippen LogP contribution < -0.4 is 10.6 Å². The molecule has 1 aliphatic heterocycles. The van der Waals surface area contributed by atoms with Crippen molar-refractivity contribution in [3.8, 4) is 0 Å². The van der Waals surface area contributed by atoms with Gasteiger partial charge < -0.3 is 15.1 Å². The van der Waals surface area contributed by atoms with Crippen molar-refractivity contribution in [2.75, 3.05) is 38.0 Å². The summed E-state index contributed by atoms with van der Waals surface area (Å²) in [5, 5.41) is 5.63. The average Bonchev–Trinajstić information content (AvgIpc) is 2.84. The second kappa shape index (κ2) is 12.6. The number of ketones is 2. The maximum absolute atomic E-state index is 13.2. The number of benzene rings is 2. The SMILES string of the molecule is C=CC[N+]1(CCCNC(=O)Nc2cc(C(C)=O)cc(C(C)=O)c2)CCC(Cc2ccc(F)cc2)CC1. The summed E-state index contributed by atoms with van der Waals surface area (Å²) >= 11 is 0. The largest absolute Gasteiger partial charge is 0.338 e. The minimum absolute atomic E-state index is 0.167. The summed E-state index contributed by atoms with van der Waals surface area (Å²) in [5.41, 5.74) is 2.38. The number of likely N-dealkylation sites (tertiary alicyclic amines) is 1. The van der Waals surface area contributed by atoms with Crippen molar-refractivity contribution in [1.29, 1.82) is 0 Å². The molecule has 0 unspecified atom stereocenters. The van der Waals surface area contributed by atoms with Crippen LogP contribution in [0.1, 0.15) is 59.4 Å². The van der Waals surface area contributed by atoms with Crippen molar-refractivity contribution in [2.24, 2.45) is 5.92 Å². The fourth-order valence-electron chi connectivity index (χ4n) is 5.00. The van der Waals surface area contributed by atoms with Gasteiger partial charge in [-0.05, 0) is 81.0 Å². The third kappa shape index (κ3) is 7.85. The molecule has 2 N–H and O–H groups in total. The molecular weight excluding hydrogens is 457 g/mol. The fourth-order valence-corrected chi connectivity index (χ4v) is 5.00. The third-order valence-corrected chi connectivity index (χ3v) is 7.08. The molecule has 0 spiro atoms. The van der Waals surface area contributed by atoms with E-state index in [1.165, 1.54) is 31.5 Å². The number of nitrogens with one attached hydrogen (secondary N) is 2. The number of Topliss-reactive ketones (excluding diaryl/α,β-unsaturated/α-hetero) is 2. The number of hydrogen-bond donors (Lipinski definition) is 2. The predicted octanol–water partition coefficient (Wildman–Crippen LogP) is 5.40. The van der Waals surface area contributed by atoms with Gasteiger partial charge in [0.1, 0.15) is 5.82 Å². The molecule has 0 atom stereocenters. The molecule has 2 aromatic carbocycles. The second-order valence-corrected chi connectivity index (χ2v) is 9.90. The lowest BCUT2D eigenvalue weighted by atomic mass is 9.88. The van der Waals surface area contributed by atoms with Crippen molar-refractivity contribution < 1.29 is 23.3 Å². The number of anilines is 1. The topological polar surface area (TPSA) is 75.3 Å². The molecule has 1 fully saturated rings. The maximum atomic E-state index is 13.2. The van der Waals surface area contributed by atoms with Gasteiger partial charge >= 0.3 is 6.03 Å². The third-order valence-electron chi connectivity index (χ3n) is 7.08. The standard InChI is InChI=1S/C29H36FN3O3/c1-4-13-33(15-10-24(11-16-33)17-23-6-8-27(30)9-7-23)14-5-12-31-29(36)32-28-19-25(21(2)34)18-26(20-28)22(3)35/h4,6-9,18-20,24H,1,5,10-17H2,2-3H3,(H-,31,32,36)/p+1. The van der Waals surface area contributed by atoms with Crippen molar-refractivity contribution in [3.63, 3.8) is 0 Å². The van der Waals surface area contributed by atoms with Gasteiger partial charge in [-0.3, -0.25) is 9.59 Å². The van der Waals surface area contributed by atoms with E-state index in [-0.39, 0.29) is 23.4 Å². The monoisotopic (exact) mass is 494 g/mol. The Labute approximate surface area is 213 Å². The zero-order chi connectivity index (χ0) is 26.1. The van der Waals surface area contributed by atoms with Crippen LogP contribution in [-0.2, 0) is 6.42 Å². The number of carbonyl (C=O) groups excluding carboxylic acids is 3. The summed E-state index contributed by atoms with van der Waals surface area (Å²) in [7, 11) is 0. The van der Waals surface area contributed by atoms with Crippen LogP contribution in [0.3, 0.4) is 0 Å². The van der Waals surface area contributed by atoms with Crippen LogP contribution in [-0.4, -0.2) is 54.8 Å². The molecule has 192 valence electrons. The lowest BCUT2D eigenvalue weighted by Gasteiger charge is -2.43. The average molecular weight is 495 g/mol. The van der Waals surface area contributed by atoms with Crippen molar-refractivity contribution in [1.82, 2.24) is 5.32 Å². The van der Waals surface area contributed by atoms with Gasteiger partial charge in [-0.15, -0.1) is 0 Å². The summed E-state index contributed by atoms with van der Waals surface area (Å²) in [6, 6.07) is 11.2. The first-order valence-electron chi connectivity index (χ1n) is 12.6. The molecule has 3 rings (SSSR count). The van der Waals surface area contributed by atoms with Gasteiger partial charge in [0.05, 0.1) is 26.2 Å². The fraction of sp³-hybridized carbons (Fsp3) is 0.414. The molecule has 0 saturated carbocycles. The smallest absolute Gasteiger partial charge is 0.319 e. The van der Waals surface area contributed by atoms with Crippen LogP contribution in [0, 0.1) is 11.7 Å². The van der Waals surface area contributed by atoms with E-state index in [2.05, 4.69) is 17.2 Å². The van der Waals surface area contributed by atoms with Gasteiger partial charge in [-0.2, -0.15) is 0 Å². The second-order valence-electron chi connectivity index (χ2n) is 9.90. The van der Waals surface area contributed by atoms with Gasteiger partial charge in [0.15, 0.2) is 11.6 Å². The van der Waals surface area contributed by atoms with Crippen LogP contribution in [0.2, 0.25) is 0 Å². The maximum Gasteiger partial charge on any atom is 0.319 e. The lowest BCUT2D eigenvalue weighted by Crippen LogP contribution is -2.54. The quantitative estimate of drug-likeness (QED) is 0.190. The molecule has 6 nitrogen and oxygen atoms in total. The van der Waals surface area contributed by atoms with E-state index in [1.54, 1.807) is 18.2 Å². The number of nitrogens with zero attached hydrogens (tertiary/aromatic N) is 1. The Bertz CT molecular complexity index is 1060. The molecule has 0 aliphatic carbocycles. The Morgan fingerprint density at radius 2 is 1.64 bits per heavy atom. The van der Waals surface area contributed by atoms with Crippen LogP contribution in [0.4, 0.5) is 14.9 Å². The number of hydrogen-bond acceptors (Lipinski definition) is 3. The molecule has 7 heteroatoms. The van der Waals surface area contributed by atoms with Crippen molar-refractivity contribution >= 4 is 23.3 Å². The first kappa shape index (κ1) is 27.3. The van der Waals surface area contributed by atoms with Crippen LogP contribution >= 0.6 is 0 Å². The summed E-state index contributed by atoms with van der Waals surface area (Å²) in [6.07, 6.45) is 6.02. The minimum Gasteiger partial charge on any atom is -0.338 e. The van der Waals surface area contributed by atoms with Crippen molar-refractivity contribution in [3.05, 3.63) is 77.6 Å². The Morgan fingerprint density at radius 3 is 2.19 bits per heavy atom. The number of quaternary nitrogens is 1. The molecule has 2 amide bonds. The number of halogens is 1. The molecule has 0 bridgehead atoms. The van der Waals surface area contributed by atoms with E-state index in [1.807, 2.05) is 18.2 Å².